The van der Waals surface area contributed by atoms with Gasteiger partial charge in [0, 0.05) is 17.8 Å². The van der Waals surface area contributed by atoms with Crippen LogP contribution in [0.25, 0.3) is 0 Å². The SMILES string of the molecule is CC.CCn1ccc(NC(=O)Cc2ccc(Cl)c(C)c2)nc1=O. The third-order valence-electron chi connectivity index (χ3n) is 3.07. The monoisotopic (exact) mass is 335 g/mol. The minimum Gasteiger partial charge on any atom is -0.310 e. The van der Waals surface area contributed by atoms with Crippen LogP contribution in [-0.4, -0.2) is 15.5 Å². The first-order chi connectivity index (χ1) is 11.0. The average molecular weight is 336 g/mol. The van der Waals surface area contributed by atoms with Gasteiger partial charge in [-0.05, 0) is 37.1 Å². The predicted octanol–water partition coefficient (Wildman–Crippen LogP) is 3.43. The van der Waals surface area contributed by atoms with Gasteiger partial charge in [-0.25, -0.2) is 4.79 Å². The van der Waals surface area contributed by atoms with E-state index in [0.717, 1.165) is 11.1 Å². The molecule has 0 saturated carbocycles. The molecular weight excluding hydrogens is 314 g/mol. The van der Waals surface area contributed by atoms with Gasteiger partial charge in [-0.15, -0.1) is 0 Å². The molecule has 0 unspecified atom stereocenters. The van der Waals surface area contributed by atoms with Crippen LogP contribution in [0, 0.1) is 6.92 Å². The van der Waals surface area contributed by atoms with Gasteiger partial charge in [0.15, 0.2) is 0 Å². The number of aryl methyl sites for hydroxylation is 2. The van der Waals surface area contributed by atoms with E-state index >= 15 is 0 Å². The highest BCUT2D eigenvalue weighted by Gasteiger charge is 2.07. The van der Waals surface area contributed by atoms with Crippen molar-refractivity contribution in [2.45, 2.75) is 40.7 Å². The van der Waals surface area contributed by atoms with Crippen LogP contribution in [0.3, 0.4) is 0 Å². The Morgan fingerprint density at radius 1 is 1.30 bits per heavy atom. The van der Waals surface area contributed by atoms with Crippen LogP contribution in [0.4, 0.5) is 5.82 Å². The Hall–Kier alpha value is -2.14. The van der Waals surface area contributed by atoms with Crippen molar-refractivity contribution in [2.24, 2.45) is 0 Å². The fourth-order valence-electron chi connectivity index (χ4n) is 1.93. The van der Waals surface area contributed by atoms with E-state index in [0.29, 0.717) is 11.6 Å². The lowest BCUT2D eigenvalue weighted by molar-refractivity contribution is -0.115. The Balaban J connectivity index is 0.00000127. The number of nitrogens with zero attached hydrogens (tertiary/aromatic N) is 2. The molecule has 0 spiro atoms. The Morgan fingerprint density at radius 2 is 2.00 bits per heavy atom. The Morgan fingerprint density at radius 3 is 2.57 bits per heavy atom. The summed E-state index contributed by atoms with van der Waals surface area (Å²) in [4.78, 5) is 27.3. The lowest BCUT2D eigenvalue weighted by atomic mass is 10.1. The highest BCUT2D eigenvalue weighted by molar-refractivity contribution is 6.31. The molecule has 1 amide bonds. The second-order valence-electron chi connectivity index (χ2n) is 4.69. The molecule has 6 heteroatoms. The molecule has 0 aliphatic heterocycles. The van der Waals surface area contributed by atoms with Gasteiger partial charge in [0.25, 0.3) is 0 Å². The first-order valence-corrected chi connectivity index (χ1v) is 7.99. The van der Waals surface area contributed by atoms with Crippen LogP contribution in [-0.2, 0) is 17.8 Å². The summed E-state index contributed by atoms with van der Waals surface area (Å²) in [5.41, 5.74) is 1.40. The number of nitrogens with one attached hydrogen (secondary N) is 1. The number of amides is 1. The fourth-order valence-corrected chi connectivity index (χ4v) is 2.05. The molecule has 0 fully saturated rings. The van der Waals surface area contributed by atoms with E-state index in [-0.39, 0.29) is 23.8 Å². The summed E-state index contributed by atoms with van der Waals surface area (Å²) in [5.74, 6) is 0.0401. The Labute approximate surface area is 141 Å². The van der Waals surface area contributed by atoms with E-state index in [1.54, 1.807) is 24.4 Å². The summed E-state index contributed by atoms with van der Waals surface area (Å²) in [6, 6.07) is 7.04. The van der Waals surface area contributed by atoms with Gasteiger partial charge in [-0.3, -0.25) is 9.36 Å². The molecule has 1 aromatic carbocycles. The van der Waals surface area contributed by atoms with E-state index < -0.39 is 0 Å². The van der Waals surface area contributed by atoms with Crippen LogP contribution < -0.4 is 11.0 Å². The number of carbonyl (C=O) groups is 1. The van der Waals surface area contributed by atoms with Gasteiger partial charge in [-0.2, -0.15) is 4.98 Å². The lowest BCUT2D eigenvalue weighted by Crippen LogP contribution is -2.24. The number of hydrogen-bond acceptors (Lipinski definition) is 3. The molecule has 0 bridgehead atoms. The molecule has 0 aliphatic rings. The molecular formula is C17H22ClN3O2. The van der Waals surface area contributed by atoms with Crippen molar-refractivity contribution in [2.75, 3.05) is 5.32 Å². The molecule has 2 aromatic rings. The maximum Gasteiger partial charge on any atom is 0.349 e. The van der Waals surface area contributed by atoms with Crippen molar-refractivity contribution in [3.63, 3.8) is 0 Å². The third kappa shape index (κ3) is 5.53. The van der Waals surface area contributed by atoms with Crippen molar-refractivity contribution < 1.29 is 4.79 Å². The topological polar surface area (TPSA) is 64.0 Å². The number of benzene rings is 1. The summed E-state index contributed by atoms with van der Waals surface area (Å²) in [6.07, 6.45) is 1.81. The largest absolute Gasteiger partial charge is 0.349 e. The number of hydrogen-bond donors (Lipinski definition) is 1. The molecule has 23 heavy (non-hydrogen) atoms. The molecule has 5 nitrogen and oxygen atoms in total. The standard InChI is InChI=1S/C15H16ClN3O2.C2H6/c1-3-19-7-6-13(18-15(19)21)17-14(20)9-11-4-5-12(16)10(2)8-11;1-2/h4-8H,3,9H2,1-2H3,(H,17,18,20,21);1-2H3. The van der Waals surface area contributed by atoms with Crippen molar-refractivity contribution in [3.8, 4) is 0 Å². The van der Waals surface area contributed by atoms with E-state index in [4.69, 9.17) is 11.6 Å². The summed E-state index contributed by atoms with van der Waals surface area (Å²) in [6.45, 7) is 8.28. The van der Waals surface area contributed by atoms with Crippen LogP contribution in [0.2, 0.25) is 5.02 Å². The summed E-state index contributed by atoms with van der Waals surface area (Å²) >= 11 is 5.95. The fraction of sp³-hybridized carbons (Fsp3) is 0.353. The van der Waals surface area contributed by atoms with Crippen molar-refractivity contribution in [1.82, 2.24) is 9.55 Å². The molecule has 1 N–H and O–H groups in total. The van der Waals surface area contributed by atoms with Gasteiger partial charge in [0.2, 0.25) is 5.91 Å². The molecule has 1 aromatic heterocycles. The highest BCUT2D eigenvalue weighted by atomic mass is 35.5. The lowest BCUT2D eigenvalue weighted by Gasteiger charge is -2.07. The zero-order valence-corrected chi connectivity index (χ0v) is 14.6. The minimum absolute atomic E-state index is 0.205. The second-order valence-corrected chi connectivity index (χ2v) is 5.10. The predicted molar refractivity (Wildman–Crippen MR) is 94.0 cm³/mol. The second kappa shape index (κ2) is 9.10. The molecule has 0 atom stereocenters. The van der Waals surface area contributed by atoms with Crippen molar-refractivity contribution in [1.29, 1.82) is 0 Å². The van der Waals surface area contributed by atoms with Gasteiger partial charge >= 0.3 is 5.69 Å². The molecule has 0 radical (unpaired) electrons. The van der Waals surface area contributed by atoms with E-state index in [2.05, 4.69) is 10.3 Å². The van der Waals surface area contributed by atoms with Gasteiger partial charge in [0.1, 0.15) is 5.82 Å². The number of rotatable bonds is 4. The Kier molecular flexibility index (Phi) is 7.48. The molecule has 0 saturated heterocycles. The van der Waals surface area contributed by atoms with Crippen LogP contribution in [0.5, 0.6) is 0 Å². The quantitative estimate of drug-likeness (QED) is 0.931. The summed E-state index contributed by atoms with van der Waals surface area (Å²) < 4.78 is 1.46. The smallest absolute Gasteiger partial charge is 0.310 e. The number of anilines is 1. The zero-order chi connectivity index (χ0) is 17.4. The maximum absolute atomic E-state index is 12.0. The number of aromatic nitrogens is 2. The van der Waals surface area contributed by atoms with Crippen LogP contribution >= 0.6 is 11.6 Å². The van der Waals surface area contributed by atoms with E-state index in [9.17, 15) is 9.59 Å². The molecule has 2 rings (SSSR count). The normalized spacial score (nSPS) is 9.78. The first-order valence-electron chi connectivity index (χ1n) is 7.62. The highest BCUT2D eigenvalue weighted by Crippen LogP contribution is 2.16. The van der Waals surface area contributed by atoms with Gasteiger partial charge in [0.05, 0.1) is 6.42 Å². The number of halogens is 1. The molecule has 1 heterocycles. The van der Waals surface area contributed by atoms with Crippen molar-refractivity contribution >= 4 is 23.3 Å². The third-order valence-corrected chi connectivity index (χ3v) is 3.49. The van der Waals surface area contributed by atoms with Gasteiger partial charge < -0.3 is 5.32 Å². The van der Waals surface area contributed by atoms with Gasteiger partial charge in [-0.1, -0.05) is 37.6 Å². The van der Waals surface area contributed by atoms with Crippen LogP contribution in [0.15, 0.2) is 35.3 Å². The maximum atomic E-state index is 12.0. The van der Waals surface area contributed by atoms with Crippen molar-refractivity contribution in [3.05, 3.63) is 57.1 Å². The summed E-state index contributed by atoms with van der Waals surface area (Å²) in [5, 5.41) is 3.29. The zero-order valence-electron chi connectivity index (χ0n) is 13.9. The minimum atomic E-state index is -0.377. The van der Waals surface area contributed by atoms with E-state index in [1.807, 2.05) is 33.8 Å². The Bertz CT molecular complexity index is 726. The molecule has 0 aliphatic carbocycles. The average Bonchev–Trinajstić information content (AvgIpc) is 2.53. The van der Waals surface area contributed by atoms with E-state index in [1.165, 1.54) is 4.57 Å². The molecule has 124 valence electrons. The first kappa shape index (κ1) is 18.9. The summed E-state index contributed by atoms with van der Waals surface area (Å²) in [7, 11) is 0. The number of carbonyl (C=O) groups excluding carboxylic acids is 1. The van der Waals surface area contributed by atoms with Crippen LogP contribution in [0.1, 0.15) is 31.9 Å².